The van der Waals surface area contributed by atoms with E-state index >= 15 is 0 Å². The molecule has 0 unspecified atom stereocenters. The predicted octanol–water partition coefficient (Wildman–Crippen LogP) is 2.50. The highest BCUT2D eigenvalue weighted by Crippen LogP contribution is 2.26. The van der Waals surface area contributed by atoms with Crippen molar-refractivity contribution in [3.8, 4) is 17.0 Å². The molecule has 0 atom stereocenters. The highest BCUT2D eigenvalue weighted by atomic mass is 16.5. The number of benzene rings is 2. The van der Waals surface area contributed by atoms with Gasteiger partial charge in [-0.3, -0.25) is 9.59 Å². The summed E-state index contributed by atoms with van der Waals surface area (Å²) >= 11 is 0. The lowest BCUT2D eigenvalue weighted by Gasteiger charge is -2.11. The number of carbonyl (C=O) groups excluding carboxylic acids is 1. The van der Waals surface area contributed by atoms with Crippen molar-refractivity contribution in [2.24, 2.45) is 7.05 Å². The maximum absolute atomic E-state index is 12.2. The van der Waals surface area contributed by atoms with Gasteiger partial charge in [-0.05, 0) is 44.2 Å². The van der Waals surface area contributed by atoms with Gasteiger partial charge in [0, 0.05) is 24.0 Å². The molecule has 1 aromatic heterocycles. The first-order chi connectivity index (χ1) is 12.5. The van der Waals surface area contributed by atoms with E-state index in [-0.39, 0.29) is 24.1 Å². The summed E-state index contributed by atoms with van der Waals surface area (Å²) < 4.78 is 6.85. The standard InChI is InChI=1S/C20H21N3O3/c1-13(2)21-18(24)12-26-15-10-8-14(9-11-15)19-16-6-4-5-7-17(16)20(25)23(3)22-19/h4-11,13H,12H2,1-3H3,(H,21,24). The van der Waals surface area contributed by atoms with Gasteiger partial charge < -0.3 is 10.1 Å². The zero-order valence-corrected chi connectivity index (χ0v) is 15.0. The zero-order chi connectivity index (χ0) is 18.7. The lowest BCUT2D eigenvalue weighted by Crippen LogP contribution is -2.34. The van der Waals surface area contributed by atoms with E-state index < -0.39 is 0 Å². The number of fused-ring (bicyclic) bond motifs is 1. The van der Waals surface area contributed by atoms with Crippen molar-refractivity contribution in [2.75, 3.05) is 6.61 Å². The number of amides is 1. The predicted molar refractivity (Wildman–Crippen MR) is 101 cm³/mol. The van der Waals surface area contributed by atoms with Crippen LogP contribution < -0.4 is 15.6 Å². The summed E-state index contributed by atoms with van der Waals surface area (Å²) in [6.07, 6.45) is 0. The van der Waals surface area contributed by atoms with E-state index in [1.807, 2.05) is 44.2 Å². The van der Waals surface area contributed by atoms with Crippen molar-refractivity contribution in [3.05, 3.63) is 58.9 Å². The summed E-state index contributed by atoms with van der Waals surface area (Å²) in [5.41, 5.74) is 1.48. The van der Waals surface area contributed by atoms with Crippen molar-refractivity contribution in [2.45, 2.75) is 19.9 Å². The fourth-order valence-electron chi connectivity index (χ4n) is 2.73. The molecule has 3 rings (SSSR count). The number of aryl methyl sites for hydroxylation is 1. The molecule has 6 nitrogen and oxygen atoms in total. The highest BCUT2D eigenvalue weighted by Gasteiger charge is 2.11. The molecule has 0 aliphatic rings. The van der Waals surface area contributed by atoms with Gasteiger partial charge in [0.15, 0.2) is 6.61 Å². The molecule has 26 heavy (non-hydrogen) atoms. The zero-order valence-electron chi connectivity index (χ0n) is 15.0. The number of aromatic nitrogens is 2. The topological polar surface area (TPSA) is 73.2 Å². The van der Waals surface area contributed by atoms with Gasteiger partial charge in [-0.1, -0.05) is 18.2 Å². The SMILES string of the molecule is CC(C)NC(=O)COc1ccc(-c2nn(C)c(=O)c3ccccc23)cc1. The van der Waals surface area contributed by atoms with Gasteiger partial charge >= 0.3 is 0 Å². The Bertz CT molecular complexity index is 991. The van der Waals surface area contributed by atoms with Crippen LogP contribution in [0, 0.1) is 0 Å². The Kier molecular flexibility index (Phi) is 5.02. The van der Waals surface area contributed by atoms with Gasteiger partial charge in [0.2, 0.25) is 0 Å². The van der Waals surface area contributed by atoms with E-state index in [0.29, 0.717) is 11.1 Å². The highest BCUT2D eigenvalue weighted by molar-refractivity contribution is 5.93. The first kappa shape index (κ1) is 17.7. The van der Waals surface area contributed by atoms with Crippen LogP contribution in [0.15, 0.2) is 53.3 Å². The number of hydrogen-bond acceptors (Lipinski definition) is 4. The second-order valence-corrected chi connectivity index (χ2v) is 6.36. The summed E-state index contributed by atoms with van der Waals surface area (Å²) in [7, 11) is 1.64. The third-order valence-electron chi connectivity index (χ3n) is 3.90. The lowest BCUT2D eigenvalue weighted by molar-refractivity contribution is -0.123. The minimum atomic E-state index is -0.158. The van der Waals surface area contributed by atoms with Gasteiger partial charge in [-0.15, -0.1) is 0 Å². The molecular formula is C20H21N3O3. The maximum atomic E-state index is 12.2. The number of nitrogens with one attached hydrogen (secondary N) is 1. The van der Waals surface area contributed by atoms with Gasteiger partial charge in [-0.2, -0.15) is 5.10 Å². The molecule has 3 aromatic rings. The van der Waals surface area contributed by atoms with E-state index in [4.69, 9.17) is 4.74 Å². The first-order valence-corrected chi connectivity index (χ1v) is 8.44. The minimum Gasteiger partial charge on any atom is -0.484 e. The number of nitrogens with zero attached hydrogens (tertiary/aromatic N) is 2. The molecule has 134 valence electrons. The third kappa shape index (κ3) is 3.74. The molecule has 2 aromatic carbocycles. The van der Waals surface area contributed by atoms with Crippen LogP contribution in [0.5, 0.6) is 5.75 Å². The Morgan fingerprint density at radius 3 is 2.42 bits per heavy atom. The third-order valence-corrected chi connectivity index (χ3v) is 3.90. The van der Waals surface area contributed by atoms with Crippen molar-refractivity contribution >= 4 is 16.7 Å². The van der Waals surface area contributed by atoms with E-state index in [1.54, 1.807) is 25.2 Å². The van der Waals surface area contributed by atoms with Crippen molar-refractivity contribution in [3.63, 3.8) is 0 Å². The maximum Gasteiger partial charge on any atom is 0.274 e. The molecule has 0 radical (unpaired) electrons. The molecule has 0 saturated carbocycles. The second kappa shape index (κ2) is 7.39. The van der Waals surface area contributed by atoms with Crippen molar-refractivity contribution < 1.29 is 9.53 Å². The van der Waals surface area contributed by atoms with E-state index in [9.17, 15) is 9.59 Å². The van der Waals surface area contributed by atoms with Crippen LogP contribution in [0.4, 0.5) is 0 Å². The average molecular weight is 351 g/mol. The van der Waals surface area contributed by atoms with Gasteiger partial charge in [-0.25, -0.2) is 4.68 Å². The van der Waals surface area contributed by atoms with Crippen LogP contribution >= 0.6 is 0 Å². The summed E-state index contributed by atoms with van der Waals surface area (Å²) in [4.78, 5) is 23.9. The Labute approximate surface area is 151 Å². The fraction of sp³-hybridized carbons (Fsp3) is 0.250. The molecule has 0 bridgehead atoms. The molecule has 0 fully saturated rings. The summed E-state index contributed by atoms with van der Waals surface area (Å²) in [6.45, 7) is 3.77. The van der Waals surface area contributed by atoms with E-state index in [0.717, 1.165) is 16.6 Å². The Hall–Kier alpha value is -3.15. The molecular weight excluding hydrogens is 330 g/mol. The largest absolute Gasteiger partial charge is 0.484 e. The molecule has 0 spiro atoms. The molecule has 6 heteroatoms. The fourth-order valence-corrected chi connectivity index (χ4v) is 2.73. The first-order valence-electron chi connectivity index (χ1n) is 8.44. The Morgan fingerprint density at radius 1 is 1.12 bits per heavy atom. The van der Waals surface area contributed by atoms with Crippen molar-refractivity contribution in [1.82, 2.24) is 15.1 Å². The lowest BCUT2D eigenvalue weighted by atomic mass is 10.1. The quantitative estimate of drug-likeness (QED) is 0.766. The number of carbonyl (C=O) groups is 1. The average Bonchev–Trinajstić information content (AvgIpc) is 2.63. The van der Waals surface area contributed by atoms with Crippen LogP contribution in [-0.4, -0.2) is 28.3 Å². The van der Waals surface area contributed by atoms with Gasteiger partial charge in [0.25, 0.3) is 11.5 Å². The smallest absolute Gasteiger partial charge is 0.274 e. The van der Waals surface area contributed by atoms with Gasteiger partial charge in [0.05, 0.1) is 11.1 Å². The van der Waals surface area contributed by atoms with Crippen LogP contribution in [0.3, 0.4) is 0 Å². The molecule has 0 aliphatic carbocycles. The molecule has 0 saturated heterocycles. The normalized spacial score (nSPS) is 10.9. The van der Waals surface area contributed by atoms with Crippen LogP contribution in [-0.2, 0) is 11.8 Å². The molecule has 0 aliphatic heterocycles. The molecule has 1 N–H and O–H groups in total. The van der Waals surface area contributed by atoms with Gasteiger partial charge in [0.1, 0.15) is 5.75 Å². The number of hydrogen-bond donors (Lipinski definition) is 1. The summed E-state index contributed by atoms with van der Waals surface area (Å²) in [5.74, 6) is 0.441. The number of rotatable bonds is 5. The summed E-state index contributed by atoms with van der Waals surface area (Å²) in [5, 5.41) is 8.62. The molecule has 1 amide bonds. The van der Waals surface area contributed by atoms with Crippen LogP contribution in [0.2, 0.25) is 0 Å². The minimum absolute atomic E-state index is 0.0292. The van der Waals surface area contributed by atoms with Crippen LogP contribution in [0.25, 0.3) is 22.0 Å². The van der Waals surface area contributed by atoms with Crippen LogP contribution in [0.1, 0.15) is 13.8 Å². The number of ether oxygens (including phenoxy) is 1. The Balaban J connectivity index is 1.86. The Morgan fingerprint density at radius 2 is 1.77 bits per heavy atom. The second-order valence-electron chi connectivity index (χ2n) is 6.36. The van der Waals surface area contributed by atoms with Crippen molar-refractivity contribution in [1.29, 1.82) is 0 Å². The summed E-state index contributed by atoms with van der Waals surface area (Å²) in [6, 6.07) is 14.8. The monoisotopic (exact) mass is 351 g/mol. The molecule has 1 heterocycles. The van der Waals surface area contributed by atoms with E-state index in [2.05, 4.69) is 10.4 Å². The van der Waals surface area contributed by atoms with E-state index in [1.165, 1.54) is 4.68 Å².